The average molecular weight is 236 g/mol. The fourth-order valence-corrected chi connectivity index (χ4v) is 3.56. The summed E-state index contributed by atoms with van der Waals surface area (Å²) < 4.78 is 0. The van der Waals surface area contributed by atoms with Crippen molar-refractivity contribution in [1.82, 2.24) is 10.2 Å². The monoisotopic (exact) mass is 236 g/mol. The first kappa shape index (κ1) is 10.3. The van der Waals surface area contributed by atoms with Gasteiger partial charge in [0.25, 0.3) is 5.91 Å². The van der Waals surface area contributed by atoms with E-state index in [4.69, 9.17) is 0 Å². The minimum absolute atomic E-state index is 0.229. The topological polar surface area (TPSA) is 32.3 Å². The van der Waals surface area contributed by atoms with Gasteiger partial charge in [-0.05, 0) is 30.9 Å². The Morgan fingerprint density at radius 2 is 2.06 bits per heavy atom. The van der Waals surface area contributed by atoms with Crippen LogP contribution in [-0.4, -0.2) is 37.0 Å². The van der Waals surface area contributed by atoms with Crippen LogP contribution in [0.5, 0.6) is 0 Å². The summed E-state index contributed by atoms with van der Waals surface area (Å²) in [4.78, 5) is 16.3. The Balaban J connectivity index is 1.73. The number of amides is 1. The van der Waals surface area contributed by atoms with Gasteiger partial charge in [0, 0.05) is 31.1 Å². The Kier molecular flexibility index (Phi) is 2.48. The number of nitrogens with one attached hydrogen (secondary N) is 1. The van der Waals surface area contributed by atoms with Crippen LogP contribution in [-0.2, 0) is 0 Å². The van der Waals surface area contributed by atoms with E-state index in [0.29, 0.717) is 11.8 Å². The molecule has 3 heterocycles. The molecule has 0 spiro atoms. The molecule has 0 aromatic carbocycles. The number of carbonyl (C=O) groups is 1. The van der Waals surface area contributed by atoms with Crippen molar-refractivity contribution >= 4 is 17.2 Å². The molecule has 0 radical (unpaired) electrons. The molecule has 1 amide bonds. The van der Waals surface area contributed by atoms with E-state index in [-0.39, 0.29) is 5.91 Å². The molecule has 16 heavy (non-hydrogen) atoms. The number of hydrogen-bond acceptors (Lipinski definition) is 3. The molecule has 3 rings (SSSR count). The lowest BCUT2D eigenvalue weighted by Crippen LogP contribution is -2.31. The van der Waals surface area contributed by atoms with Gasteiger partial charge in [-0.1, -0.05) is 0 Å². The molecule has 0 aliphatic carbocycles. The highest BCUT2D eigenvalue weighted by atomic mass is 32.1. The van der Waals surface area contributed by atoms with Gasteiger partial charge in [0.1, 0.15) is 0 Å². The summed E-state index contributed by atoms with van der Waals surface area (Å²) in [5.41, 5.74) is 0. The van der Waals surface area contributed by atoms with Gasteiger partial charge in [-0.3, -0.25) is 4.79 Å². The van der Waals surface area contributed by atoms with Gasteiger partial charge in [-0.2, -0.15) is 0 Å². The molecular weight excluding hydrogens is 220 g/mol. The molecule has 2 atom stereocenters. The Labute approximate surface area is 99.5 Å². The molecule has 4 heteroatoms. The number of thiophene rings is 1. The second-order valence-electron chi connectivity index (χ2n) is 4.80. The van der Waals surface area contributed by atoms with E-state index in [0.717, 1.165) is 31.1 Å². The first-order chi connectivity index (χ1) is 7.74. The van der Waals surface area contributed by atoms with Crippen molar-refractivity contribution in [2.75, 3.05) is 26.2 Å². The maximum atomic E-state index is 12.2. The van der Waals surface area contributed by atoms with Crippen LogP contribution in [0.3, 0.4) is 0 Å². The lowest BCUT2D eigenvalue weighted by atomic mass is 10.0. The molecular formula is C12H16N2OS. The number of aryl methyl sites for hydroxylation is 1. The molecule has 2 aliphatic rings. The van der Waals surface area contributed by atoms with Crippen LogP contribution in [0, 0.1) is 18.8 Å². The summed E-state index contributed by atoms with van der Waals surface area (Å²) in [6.45, 7) is 6.08. The van der Waals surface area contributed by atoms with Crippen LogP contribution >= 0.6 is 11.3 Å². The smallest absolute Gasteiger partial charge is 0.263 e. The maximum Gasteiger partial charge on any atom is 0.263 e. The van der Waals surface area contributed by atoms with Gasteiger partial charge >= 0.3 is 0 Å². The van der Waals surface area contributed by atoms with Crippen LogP contribution in [0.1, 0.15) is 14.5 Å². The quantitative estimate of drug-likeness (QED) is 0.798. The van der Waals surface area contributed by atoms with E-state index < -0.39 is 0 Å². The molecule has 1 aromatic rings. The normalized spacial score (nSPS) is 28.4. The minimum Gasteiger partial charge on any atom is -0.337 e. The average Bonchev–Trinajstić information content (AvgIpc) is 2.89. The minimum atomic E-state index is 0.229. The van der Waals surface area contributed by atoms with Crippen LogP contribution in [0.15, 0.2) is 12.1 Å². The number of carbonyl (C=O) groups excluding carboxylic acids is 1. The van der Waals surface area contributed by atoms with E-state index >= 15 is 0 Å². The number of nitrogens with zero attached hydrogens (tertiary/aromatic N) is 1. The fraction of sp³-hybridized carbons (Fsp3) is 0.583. The molecule has 2 aliphatic heterocycles. The summed E-state index contributed by atoms with van der Waals surface area (Å²) in [6, 6.07) is 3.98. The third kappa shape index (κ3) is 1.66. The SMILES string of the molecule is Cc1ccc(C(=O)N2CC3CNCC3C2)s1. The van der Waals surface area contributed by atoms with E-state index in [1.54, 1.807) is 11.3 Å². The lowest BCUT2D eigenvalue weighted by Gasteiger charge is -2.16. The largest absolute Gasteiger partial charge is 0.337 e. The number of fused-ring (bicyclic) bond motifs is 1. The summed E-state index contributed by atoms with van der Waals surface area (Å²) in [7, 11) is 0. The van der Waals surface area contributed by atoms with E-state index in [2.05, 4.69) is 5.32 Å². The Bertz CT molecular complexity index is 403. The van der Waals surface area contributed by atoms with Crippen molar-refractivity contribution in [2.45, 2.75) is 6.92 Å². The second-order valence-corrected chi connectivity index (χ2v) is 6.09. The van der Waals surface area contributed by atoms with Crippen molar-refractivity contribution in [3.8, 4) is 0 Å². The van der Waals surface area contributed by atoms with Crippen LogP contribution < -0.4 is 5.32 Å². The van der Waals surface area contributed by atoms with Crippen molar-refractivity contribution in [1.29, 1.82) is 0 Å². The standard InChI is InChI=1S/C12H16N2OS/c1-8-2-3-11(16-8)12(15)14-6-9-4-13-5-10(9)7-14/h2-3,9-10,13H,4-7H2,1H3. The lowest BCUT2D eigenvalue weighted by molar-refractivity contribution is 0.0786. The number of hydrogen-bond donors (Lipinski definition) is 1. The van der Waals surface area contributed by atoms with Crippen molar-refractivity contribution in [2.24, 2.45) is 11.8 Å². The van der Waals surface area contributed by atoms with Gasteiger partial charge in [0.15, 0.2) is 0 Å². The highest BCUT2D eigenvalue weighted by molar-refractivity contribution is 7.13. The molecule has 1 N–H and O–H groups in total. The molecule has 0 bridgehead atoms. The van der Waals surface area contributed by atoms with Crippen LogP contribution in [0.2, 0.25) is 0 Å². The molecule has 0 saturated carbocycles. The summed E-state index contributed by atoms with van der Waals surface area (Å²) >= 11 is 1.60. The maximum absolute atomic E-state index is 12.2. The predicted molar refractivity (Wildman–Crippen MR) is 64.8 cm³/mol. The van der Waals surface area contributed by atoms with E-state index in [1.807, 2.05) is 24.0 Å². The summed E-state index contributed by atoms with van der Waals surface area (Å²) in [5.74, 6) is 1.60. The zero-order valence-electron chi connectivity index (χ0n) is 9.40. The summed E-state index contributed by atoms with van der Waals surface area (Å²) in [6.07, 6.45) is 0. The van der Waals surface area contributed by atoms with Gasteiger partial charge in [0.2, 0.25) is 0 Å². The van der Waals surface area contributed by atoms with Crippen molar-refractivity contribution < 1.29 is 4.79 Å². The third-order valence-corrected chi connectivity index (χ3v) is 4.62. The first-order valence-electron chi connectivity index (χ1n) is 5.80. The molecule has 3 nitrogen and oxygen atoms in total. The van der Waals surface area contributed by atoms with Gasteiger partial charge < -0.3 is 10.2 Å². The molecule has 86 valence electrons. The van der Waals surface area contributed by atoms with Gasteiger partial charge in [0.05, 0.1) is 4.88 Å². The summed E-state index contributed by atoms with van der Waals surface area (Å²) in [5, 5.41) is 3.39. The highest BCUT2D eigenvalue weighted by Crippen LogP contribution is 2.28. The Morgan fingerprint density at radius 1 is 1.38 bits per heavy atom. The highest BCUT2D eigenvalue weighted by Gasteiger charge is 2.38. The first-order valence-corrected chi connectivity index (χ1v) is 6.62. The third-order valence-electron chi connectivity index (χ3n) is 3.63. The van der Waals surface area contributed by atoms with Gasteiger partial charge in [-0.15, -0.1) is 11.3 Å². The van der Waals surface area contributed by atoms with Crippen LogP contribution in [0.4, 0.5) is 0 Å². The Morgan fingerprint density at radius 3 is 2.62 bits per heavy atom. The molecule has 2 fully saturated rings. The molecule has 2 saturated heterocycles. The zero-order chi connectivity index (χ0) is 11.1. The molecule has 2 unspecified atom stereocenters. The Hall–Kier alpha value is -0.870. The number of likely N-dealkylation sites (tertiary alicyclic amines) is 1. The van der Waals surface area contributed by atoms with Gasteiger partial charge in [-0.25, -0.2) is 0 Å². The zero-order valence-corrected chi connectivity index (χ0v) is 10.2. The molecule has 1 aromatic heterocycles. The van der Waals surface area contributed by atoms with Crippen LogP contribution in [0.25, 0.3) is 0 Å². The van der Waals surface area contributed by atoms with Crippen molar-refractivity contribution in [3.05, 3.63) is 21.9 Å². The van der Waals surface area contributed by atoms with E-state index in [1.165, 1.54) is 4.88 Å². The number of rotatable bonds is 1. The van der Waals surface area contributed by atoms with Crippen molar-refractivity contribution in [3.63, 3.8) is 0 Å². The second kappa shape index (κ2) is 3.86. The predicted octanol–water partition coefficient (Wildman–Crippen LogP) is 1.35. The fourth-order valence-electron chi connectivity index (χ4n) is 2.73. The van der Waals surface area contributed by atoms with E-state index in [9.17, 15) is 4.79 Å².